The van der Waals surface area contributed by atoms with Gasteiger partial charge in [-0.2, -0.15) is 13.3 Å². The molecule has 0 aliphatic carbocycles. The van der Waals surface area contributed by atoms with Crippen molar-refractivity contribution < 1.29 is 23.3 Å². The van der Waals surface area contributed by atoms with Gasteiger partial charge in [-0.15, -0.1) is 0 Å². The van der Waals surface area contributed by atoms with E-state index in [2.05, 4.69) is 47.2 Å². The minimum atomic E-state index is -1.49. The molecule has 0 aliphatic rings. The molecular weight excluding hydrogens is 219 g/mol. The van der Waals surface area contributed by atoms with Gasteiger partial charge < -0.3 is 10.8 Å². The quantitative estimate of drug-likeness (QED) is 0.364. The molecule has 0 aliphatic heterocycles. The van der Waals surface area contributed by atoms with Crippen LogP contribution in [-0.4, -0.2) is 14.9 Å². The van der Waals surface area contributed by atoms with Crippen LogP contribution in [0.5, 0.6) is 0 Å². The van der Waals surface area contributed by atoms with Gasteiger partial charge >= 0.3 is 18.9 Å². The minimum absolute atomic E-state index is 0. The van der Waals surface area contributed by atoms with Gasteiger partial charge in [0.05, 0.1) is 0 Å². The molecule has 0 saturated heterocycles. The molecule has 17 heavy (non-hydrogen) atoms. The molecule has 0 aromatic rings. The second kappa shape index (κ2) is 9.67. The van der Waals surface area contributed by atoms with E-state index in [1.165, 1.54) is 32.1 Å². The molecule has 1 nitrogen and oxygen atoms in total. The monoisotopic (exact) mass is 250 g/mol. The zero-order valence-corrected chi connectivity index (χ0v) is 14.2. The summed E-state index contributed by atoms with van der Waals surface area (Å²) in [4.78, 5) is 0. The smallest absolute Gasteiger partial charge is 0.417 e. The normalized spacial score (nSPS) is 12.4. The summed E-state index contributed by atoms with van der Waals surface area (Å²) in [6.45, 7) is 14.7. The Balaban J connectivity index is 0. The standard InChI is InChI=1S/C14H31OSi.Li/c1-7-8-9-10-11-12-13-15-16(5,6)14(2,3)4;/h7H,8-13H2,1-6H3;/q-1;+1. The number of hydrogen-bond acceptors (Lipinski definition) is 1. The first-order valence-electron chi connectivity index (χ1n) is 6.73. The molecule has 0 rings (SSSR count). The predicted molar refractivity (Wildman–Crippen MR) is 76.2 cm³/mol. The van der Waals surface area contributed by atoms with Crippen molar-refractivity contribution >= 4 is 8.32 Å². The number of hydrogen-bond donors (Lipinski definition) is 0. The first-order valence-corrected chi connectivity index (χ1v) is 9.64. The summed E-state index contributed by atoms with van der Waals surface area (Å²) in [5.74, 6) is 0. The van der Waals surface area contributed by atoms with Crippen LogP contribution in [0.1, 0.15) is 59.8 Å². The first-order chi connectivity index (χ1) is 7.31. The van der Waals surface area contributed by atoms with E-state index in [1.807, 2.05) is 0 Å². The Bertz CT molecular complexity index is 176. The Kier molecular flexibility index (Phi) is 11.4. The maximum absolute atomic E-state index is 6.13. The fourth-order valence-corrected chi connectivity index (χ4v) is 2.44. The van der Waals surface area contributed by atoms with E-state index in [4.69, 9.17) is 4.43 Å². The summed E-state index contributed by atoms with van der Waals surface area (Å²) in [7, 11) is -1.49. The summed E-state index contributed by atoms with van der Waals surface area (Å²) in [5, 5.41) is 0.351. The van der Waals surface area contributed by atoms with Crippen LogP contribution in [0.15, 0.2) is 0 Å². The fourth-order valence-electron chi connectivity index (χ4n) is 1.35. The molecule has 0 N–H and O–H groups in total. The van der Waals surface area contributed by atoms with Crippen molar-refractivity contribution in [1.29, 1.82) is 0 Å². The molecule has 0 radical (unpaired) electrons. The van der Waals surface area contributed by atoms with Crippen molar-refractivity contribution in [2.75, 3.05) is 6.61 Å². The Labute approximate surface area is 122 Å². The van der Waals surface area contributed by atoms with Gasteiger partial charge in [0.2, 0.25) is 0 Å². The Morgan fingerprint density at radius 1 is 1.00 bits per heavy atom. The zero-order valence-electron chi connectivity index (χ0n) is 13.2. The molecule has 98 valence electrons. The molecule has 0 heterocycles. The van der Waals surface area contributed by atoms with E-state index >= 15 is 0 Å². The van der Waals surface area contributed by atoms with Gasteiger partial charge in [0.25, 0.3) is 0 Å². The molecule has 3 heteroatoms. The summed E-state index contributed by atoms with van der Waals surface area (Å²) in [6.07, 6.45) is 8.77. The van der Waals surface area contributed by atoms with Crippen molar-refractivity contribution in [3.63, 3.8) is 0 Å². The third-order valence-electron chi connectivity index (χ3n) is 3.66. The predicted octanol–water partition coefficient (Wildman–Crippen LogP) is 2.19. The molecule has 0 unspecified atom stereocenters. The van der Waals surface area contributed by atoms with Crippen LogP contribution in [-0.2, 0) is 4.43 Å². The minimum Gasteiger partial charge on any atom is -0.417 e. The van der Waals surface area contributed by atoms with E-state index in [0.717, 1.165) is 6.61 Å². The third-order valence-corrected chi connectivity index (χ3v) is 8.19. The molecule has 0 fully saturated rings. The van der Waals surface area contributed by atoms with Crippen LogP contribution in [0.3, 0.4) is 0 Å². The molecule has 0 spiro atoms. The second-order valence-electron chi connectivity index (χ2n) is 6.22. The Morgan fingerprint density at radius 2 is 1.53 bits per heavy atom. The van der Waals surface area contributed by atoms with Crippen molar-refractivity contribution in [3.8, 4) is 0 Å². The average Bonchev–Trinajstić information content (AvgIpc) is 2.14. The van der Waals surface area contributed by atoms with E-state index < -0.39 is 8.32 Å². The topological polar surface area (TPSA) is 9.23 Å². The van der Waals surface area contributed by atoms with Gasteiger partial charge in [0, 0.05) is 6.61 Å². The van der Waals surface area contributed by atoms with Gasteiger partial charge in [0.1, 0.15) is 0 Å². The van der Waals surface area contributed by atoms with Crippen LogP contribution in [0.2, 0.25) is 18.1 Å². The third kappa shape index (κ3) is 9.36. The van der Waals surface area contributed by atoms with Gasteiger partial charge in [0.15, 0.2) is 8.32 Å². The van der Waals surface area contributed by atoms with Crippen molar-refractivity contribution in [2.24, 2.45) is 0 Å². The molecule has 0 saturated carbocycles. The van der Waals surface area contributed by atoms with Crippen molar-refractivity contribution in [2.45, 2.75) is 77.9 Å². The van der Waals surface area contributed by atoms with Gasteiger partial charge in [-0.25, -0.2) is 0 Å². The summed E-state index contributed by atoms with van der Waals surface area (Å²) in [6, 6.07) is 0. The molecule has 0 aromatic carbocycles. The molecule has 0 aromatic heterocycles. The van der Waals surface area contributed by atoms with Crippen LogP contribution in [0.25, 0.3) is 0 Å². The number of unbranched alkanes of at least 4 members (excludes halogenated alkanes) is 5. The molecular formula is C14H31LiOSi. The largest absolute Gasteiger partial charge is 1.00 e. The summed E-state index contributed by atoms with van der Waals surface area (Å²) >= 11 is 0. The van der Waals surface area contributed by atoms with Gasteiger partial charge in [-0.1, -0.05) is 40.0 Å². The maximum Gasteiger partial charge on any atom is 1.00 e. The summed E-state index contributed by atoms with van der Waals surface area (Å²) in [5.41, 5.74) is 0. The van der Waals surface area contributed by atoms with Crippen molar-refractivity contribution in [3.05, 3.63) is 6.42 Å². The Morgan fingerprint density at radius 3 is 2.00 bits per heavy atom. The summed E-state index contributed by atoms with van der Waals surface area (Å²) < 4.78 is 6.13. The van der Waals surface area contributed by atoms with Gasteiger partial charge in [-0.05, 0) is 24.6 Å². The van der Waals surface area contributed by atoms with E-state index in [9.17, 15) is 0 Å². The van der Waals surface area contributed by atoms with Gasteiger partial charge in [-0.3, -0.25) is 0 Å². The van der Waals surface area contributed by atoms with Crippen LogP contribution in [0.4, 0.5) is 0 Å². The van der Waals surface area contributed by atoms with Crippen LogP contribution in [0, 0.1) is 6.42 Å². The fraction of sp³-hybridized carbons (Fsp3) is 0.929. The Hall–Kier alpha value is 0.774. The molecule has 0 bridgehead atoms. The first kappa shape index (κ1) is 20.1. The maximum atomic E-state index is 6.13. The van der Waals surface area contributed by atoms with Crippen LogP contribution >= 0.6 is 0 Å². The second-order valence-corrected chi connectivity index (χ2v) is 11.0. The molecule has 0 amide bonds. The van der Waals surface area contributed by atoms with Crippen LogP contribution < -0.4 is 18.9 Å². The van der Waals surface area contributed by atoms with Crippen molar-refractivity contribution in [1.82, 2.24) is 0 Å². The van der Waals surface area contributed by atoms with E-state index in [1.54, 1.807) is 0 Å². The molecule has 0 atom stereocenters. The van der Waals surface area contributed by atoms with E-state index in [-0.39, 0.29) is 18.9 Å². The SMILES string of the molecule is C[CH-]CCCCCCO[Si](C)(C)C(C)(C)C.[Li+]. The number of rotatable bonds is 8. The van der Waals surface area contributed by atoms with E-state index in [0.29, 0.717) is 5.04 Å². The zero-order chi connectivity index (χ0) is 12.7. The average molecular weight is 250 g/mol.